The Bertz CT molecular complexity index is 231. The summed E-state index contributed by atoms with van der Waals surface area (Å²) in [6, 6.07) is 0.487. The Morgan fingerprint density at radius 2 is 1.37 bits per heavy atom. The van der Waals surface area contributed by atoms with Crippen LogP contribution in [0, 0.1) is 0 Å². The van der Waals surface area contributed by atoms with Crippen molar-refractivity contribution in [3.05, 3.63) is 0 Å². The molecule has 0 heterocycles. The van der Waals surface area contributed by atoms with E-state index in [0.717, 1.165) is 6.54 Å². The first-order valence-electron chi connectivity index (χ1n) is 8.20. The van der Waals surface area contributed by atoms with Gasteiger partial charge in [-0.15, -0.1) is 0 Å². The average Bonchev–Trinajstić information content (AvgIpc) is 2.37. The predicted octanol–water partition coefficient (Wildman–Crippen LogP) is 4.07. The van der Waals surface area contributed by atoms with Crippen LogP contribution >= 0.6 is 0 Å². The lowest BCUT2D eigenvalue weighted by molar-refractivity contribution is -0.139. The van der Waals surface area contributed by atoms with Crippen LogP contribution in [0.1, 0.15) is 77.6 Å². The topological polar surface area (TPSA) is 40.5 Å². The highest BCUT2D eigenvalue weighted by molar-refractivity contribution is 5.69. The SMILES string of the molecule is CCN(CC(=O)O)C1CCCCCCCCCCC1. The molecule has 3 nitrogen and oxygen atoms in total. The van der Waals surface area contributed by atoms with Gasteiger partial charge in [-0.3, -0.25) is 9.69 Å². The third-order valence-electron chi connectivity index (χ3n) is 4.34. The van der Waals surface area contributed by atoms with Gasteiger partial charge in [-0.25, -0.2) is 0 Å². The van der Waals surface area contributed by atoms with Crippen molar-refractivity contribution in [2.24, 2.45) is 0 Å². The van der Waals surface area contributed by atoms with E-state index in [4.69, 9.17) is 5.11 Å². The van der Waals surface area contributed by atoms with Crippen LogP contribution in [0.3, 0.4) is 0 Å². The van der Waals surface area contributed by atoms with Crippen molar-refractivity contribution < 1.29 is 9.90 Å². The summed E-state index contributed by atoms with van der Waals surface area (Å²) in [7, 11) is 0. The van der Waals surface area contributed by atoms with E-state index in [-0.39, 0.29) is 6.54 Å². The molecule has 0 saturated heterocycles. The summed E-state index contributed by atoms with van der Waals surface area (Å²) in [5.41, 5.74) is 0. The standard InChI is InChI=1S/C16H31NO2/c1-2-17(14-16(18)19)15-12-10-8-6-4-3-5-7-9-11-13-15/h15H,2-14H2,1H3,(H,18,19). The van der Waals surface area contributed by atoms with Gasteiger partial charge in [0.25, 0.3) is 0 Å². The molecule has 1 saturated carbocycles. The van der Waals surface area contributed by atoms with Gasteiger partial charge in [0.1, 0.15) is 0 Å². The molecule has 19 heavy (non-hydrogen) atoms. The number of carbonyl (C=O) groups is 1. The molecule has 3 heteroatoms. The summed E-state index contributed by atoms with van der Waals surface area (Å²) in [6.07, 6.45) is 14.4. The molecule has 0 aromatic heterocycles. The van der Waals surface area contributed by atoms with Gasteiger partial charge in [0.2, 0.25) is 0 Å². The van der Waals surface area contributed by atoms with E-state index >= 15 is 0 Å². The summed E-state index contributed by atoms with van der Waals surface area (Å²) < 4.78 is 0. The number of hydrogen-bond acceptors (Lipinski definition) is 2. The maximum absolute atomic E-state index is 10.9. The minimum atomic E-state index is -0.687. The van der Waals surface area contributed by atoms with Gasteiger partial charge in [-0.2, -0.15) is 0 Å². The van der Waals surface area contributed by atoms with Gasteiger partial charge < -0.3 is 5.11 Å². The fraction of sp³-hybridized carbons (Fsp3) is 0.938. The van der Waals surface area contributed by atoms with Crippen molar-refractivity contribution in [2.75, 3.05) is 13.1 Å². The average molecular weight is 269 g/mol. The van der Waals surface area contributed by atoms with Crippen LogP contribution in [-0.4, -0.2) is 35.1 Å². The number of carboxylic acid groups (broad SMARTS) is 1. The highest BCUT2D eigenvalue weighted by Gasteiger charge is 2.18. The van der Waals surface area contributed by atoms with Crippen LogP contribution in [-0.2, 0) is 4.79 Å². The Kier molecular flexibility index (Phi) is 8.89. The maximum Gasteiger partial charge on any atom is 0.317 e. The van der Waals surface area contributed by atoms with Gasteiger partial charge >= 0.3 is 5.97 Å². The van der Waals surface area contributed by atoms with E-state index in [1.807, 2.05) is 0 Å². The second-order valence-corrected chi connectivity index (χ2v) is 5.87. The molecular formula is C16H31NO2. The lowest BCUT2D eigenvalue weighted by Crippen LogP contribution is -2.39. The molecule has 0 amide bonds. The Morgan fingerprint density at radius 3 is 1.74 bits per heavy atom. The highest BCUT2D eigenvalue weighted by Crippen LogP contribution is 2.20. The van der Waals surface area contributed by atoms with E-state index < -0.39 is 5.97 Å². The molecule has 0 radical (unpaired) electrons. The Labute approximate surface area is 118 Å². The third kappa shape index (κ3) is 7.56. The number of likely N-dealkylation sites (N-methyl/N-ethyl adjacent to an activating group) is 1. The first-order valence-corrected chi connectivity index (χ1v) is 8.20. The zero-order valence-electron chi connectivity index (χ0n) is 12.6. The molecule has 1 rings (SSSR count). The van der Waals surface area contributed by atoms with Crippen molar-refractivity contribution in [3.63, 3.8) is 0 Å². The molecule has 0 aromatic rings. The number of rotatable bonds is 4. The van der Waals surface area contributed by atoms with Crippen LogP contribution in [0.4, 0.5) is 0 Å². The summed E-state index contributed by atoms with van der Waals surface area (Å²) in [5, 5.41) is 9.01. The van der Waals surface area contributed by atoms with E-state index in [2.05, 4.69) is 11.8 Å². The van der Waals surface area contributed by atoms with Gasteiger partial charge in [-0.1, -0.05) is 64.7 Å². The van der Waals surface area contributed by atoms with Crippen molar-refractivity contribution in [3.8, 4) is 0 Å². The lowest BCUT2D eigenvalue weighted by atomic mass is 9.97. The van der Waals surface area contributed by atoms with E-state index in [9.17, 15) is 4.79 Å². The predicted molar refractivity (Wildman–Crippen MR) is 79.5 cm³/mol. The van der Waals surface area contributed by atoms with E-state index in [1.54, 1.807) is 0 Å². The molecule has 0 aromatic carbocycles. The minimum absolute atomic E-state index is 0.209. The van der Waals surface area contributed by atoms with Gasteiger partial charge in [-0.05, 0) is 19.4 Å². The maximum atomic E-state index is 10.9. The minimum Gasteiger partial charge on any atom is -0.480 e. The van der Waals surface area contributed by atoms with Crippen molar-refractivity contribution >= 4 is 5.97 Å². The monoisotopic (exact) mass is 269 g/mol. The molecule has 112 valence electrons. The molecule has 1 N–H and O–H groups in total. The summed E-state index contributed by atoms with van der Waals surface area (Å²) in [6.45, 7) is 3.15. The van der Waals surface area contributed by atoms with Crippen LogP contribution in [0.25, 0.3) is 0 Å². The van der Waals surface area contributed by atoms with Crippen molar-refractivity contribution in [1.82, 2.24) is 4.90 Å². The Morgan fingerprint density at radius 1 is 0.947 bits per heavy atom. The van der Waals surface area contributed by atoms with Gasteiger partial charge in [0, 0.05) is 6.04 Å². The van der Waals surface area contributed by atoms with Crippen molar-refractivity contribution in [2.45, 2.75) is 83.6 Å². The molecule has 0 spiro atoms. The summed E-state index contributed by atoms with van der Waals surface area (Å²) in [4.78, 5) is 13.1. The van der Waals surface area contributed by atoms with Gasteiger partial charge in [0.05, 0.1) is 6.54 Å². The van der Waals surface area contributed by atoms with Crippen molar-refractivity contribution in [1.29, 1.82) is 0 Å². The van der Waals surface area contributed by atoms with Gasteiger partial charge in [0.15, 0.2) is 0 Å². The molecule has 0 bridgehead atoms. The van der Waals surface area contributed by atoms with E-state index in [1.165, 1.54) is 70.6 Å². The first kappa shape index (κ1) is 16.5. The largest absolute Gasteiger partial charge is 0.480 e. The highest BCUT2D eigenvalue weighted by atomic mass is 16.4. The Hall–Kier alpha value is -0.570. The fourth-order valence-corrected chi connectivity index (χ4v) is 3.18. The summed E-state index contributed by atoms with van der Waals surface area (Å²) in [5.74, 6) is -0.687. The molecular weight excluding hydrogens is 238 g/mol. The molecule has 0 atom stereocenters. The zero-order chi connectivity index (χ0) is 13.9. The smallest absolute Gasteiger partial charge is 0.317 e. The number of nitrogens with zero attached hydrogens (tertiary/aromatic N) is 1. The van der Waals surface area contributed by atoms with Crippen LogP contribution in [0.15, 0.2) is 0 Å². The molecule has 1 aliphatic carbocycles. The number of carboxylic acids is 1. The number of hydrogen-bond donors (Lipinski definition) is 1. The lowest BCUT2D eigenvalue weighted by Gasteiger charge is -2.29. The molecule has 0 aliphatic heterocycles. The molecule has 1 aliphatic rings. The Balaban J connectivity index is 2.46. The van der Waals surface area contributed by atoms with Crippen LogP contribution in [0.5, 0.6) is 0 Å². The molecule has 1 fully saturated rings. The quantitative estimate of drug-likeness (QED) is 0.836. The molecule has 0 unspecified atom stereocenters. The summed E-state index contributed by atoms with van der Waals surface area (Å²) >= 11 is 0. The fourth-order valence-electron chi connectivity index (χ4n) is 3.18. The first-order chi connectivity index (χ1) is 9.24. The zero-order valence-corrected chi connectivity index (χ0v) is 12.6. The second kappa shape index (κ2) is 10.2. The van der Waals surface area contributed by atoms with Crippen LogP contribution < -0.4 is 0 Å². The number of aliphatic carboxylic acids is 1. The van der Waals surface area contributed by atoms with E-state index in [0.29, 0.717) is 6.04 Å². The third-order valence-corrected chi connectivity index (χ3v) is 4.34. The van der Waals surface area contributed by atoms with Crippen LogP contribution in [0.2, 0.25) is 0 Å². The second-order valence-electron chi connectivity index (χ2n) is 5.87. The normalized spacial score (nSPS) is 20.7.